The lowest BCUT2D eigenvalue weighted by Gasteiger charge is -2.09. The van der Waals surface area contributed by atoms with Crippen molar-refractivity contribution in [2.24, 2.45) is 0 Å². The van der Waals surface area contributed by atoms with Crippen molar-refractivity contribution in [2.75, 3.05) is 0 Å². The highest BCUT2D eigenvalue weighted by Crippen LogP contribution is 2.27. The molecular weight excluding hydrogens is 168 g/mol. The van der Waals surface area contributed by atoms with Crippen LogP contribution in [-0.2, 0) is 0 Å². The van der Waals surface area contributed by atoms with E-state index in [-0.39, 0.29) is 11.3 Å². The zero-order chi connectivity index (χ0) is 10.2. The van der Waals surface area contributed by atoms with Gasteiger partial charge in [-0.15, -0.1) is 0 Å². The van der Waals surface area contributed by atoms with E-state index in [1.165, 1.54) is 0 Å². The standard InChI is InChI=1S/C10H12O3/c1-5-4-8(10(12)13)7(3)9(11)6(5)2/h4,11H,1-3H3,(H,12,13). The van der Waals surface area contributed by atoms with Crippen LogP contribution in [0, 0.1) is 20.8 Å². The molecule has 0 radical (unpaired) electrons. The predicted octanol–water partition coefficient (Wildman–Crippen LogP) is 2.02. The van der Waals surface area contributed by atoms with Crippen LogP contribution in [0.15, 0.2) is 6.07 Å². The lowest BCUT2D eigenvalue weighted by molar-refractivity contribution is 0.0695. The van der Waals surface area contributed by atoms with Crippen LogP contribution < -0.4 is 0 Å². The molecule has 0 aromatic heterocycles. The Kier molecular flexibility index (Phi) is 2.28. The minimum atomic E-state index is -1.00. The number of carbonyl (C=O) groups is 1. The van der Waals surface area contributed by atoms with Gasteiger partial charge in [-0.1, -0.05) is 0 Å². The Labute approximate surface area is 76.6 Å². The summed E-state index contributed by atoms with van der Waals surface area (Å²) in [4.78, 5) is 10.7. The summed E-state index contributed by atoms with van der Waals surface area (Å²) in [6.07, 6.45) is 0. The molecule has 0 saturated heterocycles. The molecule has 0 heterocycles. The predicted molar refractivity (Wildman–Crippen MR) is 49.3 cm³/mol. The molecule has 1 aromatic carbocycles. The van der Waals surface area contributed by atoms with Crippen molar-refractivity contribution in [3.63, 3.8) is 0 Å². The molecule has 3 heteroatoms. The summed E-state index contributed by atoms with van der Waals surface area (Å²) in [7, 11) is 0. The molecule has 0 aliphatic rings. The molecule has 0 amide bonds. The Morgan fingerprint density at radius 2 is 1.77 bits per heavy atom. The highest BCUT2D eigenvalue weighted by Gasteiger charge is 2.13. The minimum Gasteiger partial charge on any atom is -0.507 e. The fourth-order valence-corrected chi connectivity index (χ4v) is 1.25. The first kappa shape index (κ1) is 9.58. The van der Waals surface area contributed by atoms with E-state index in [9.17, 15) is 9.90 Å². The monoisotopic (exact) mass is 180 g/mol. The molecule has 0 saturated carbocycles. The number of aromatic carboxylic acids is 1. The van der Waals surface area contributed by atoms with Crippen molar-refractivity contribution in [3.05, 3.63) is 28.3 Å². The summed E-state index contributed by atoms with van der Waals surface area (Å²) in [6.45, 7) is 5.15. The average Bonchev–Trinajstić information content (AvgIpc) is 2.07. The van der Waals surface area contributed by atoms with Gasteiger partial charge in [-0.25, -0.2) is 4.79 Å². The van der Waals surface area contributed by atoms with E-state index in [0.717, 1.165) is 11.1 Å². The molecule has 13 heavy (non-hydrogen) atoms. The quantitative estimate of drug-likeness (QED) is 0.695. The average molecular weight is 180 g/mol. The van der Waals surface area contributed by atoms with Gasteiger partial charge in [0, 0.05) is 5.56 Å². The third-order valence-electron chi connectivity index (χ3n) is 2.30. The number of carboxylic acids is 1. The maximum atomic E-state index is 10.7. The van der Waals surface area contributed by atoms with E-state index in [1.807, 2.05) is 0 Å². The lowest BCUT2D eigenvalue weighted by atomic mass is 9.99. The van der Waals surface area contributed by atoms with E-state index in [4.69, 9.17) is 5.11 Å². The maximum Gasteiger partial charge on any atom is 0.336 e. The molecule has 1 aromatic rings. The Bertz CT molecular complexity index is 367. The van der Waals surface area contributed by atoms with Gasteiger partial charge >= 0.3 is 5.97 Å². The Morgan fingerprint density at radius 3 is 2.23 bits per heavy atom. The fraction of sp³-hybridized carbons (Fsp3) is 0.300. The number of carboxylic acid groups (broad SMARTS) is 1. The van der Waals surface area contributed by atoms with Gasteiger partial charge in [-0.05, 0) is 38.0 Å². The van der Waals surface area contributed by atoms with Gasteiger partial charge in [-0.2, -0.15) is 0 Å². The number of hydrogen-bond donors (Lipinski definition) is 2. The summed E-state index contributed by atoms with van der Waals surface area (Å²) < 4.78 is 0. The van der Waals surface area contributed by atoms with E-state index >= 15 is 0 Å². The summed E-state index contributed by atoms with van der Waals surface area (Å²) >= 11 is 0. The SMILES string of the molecule is Cc1cc(C(=O)O)c(C)c(O)c1C. The molecule has 0 spiro atoms. The zero-order valence-corrected chi connectivity index (χ0v) is 7.88. The molecular formula is C10H12O3. The summed E-state index contributed by atoms with van der Waals surface area (Å²) in [5.74, 6) is -0.923. The van der Waals surface area contributed by atoms with Gasteiger partial charge in [0.05, 0.1) is 5.56 Å². The molecule has 0 atom stereocenters. The highest BCUT2D eigenvalue weighted by atomic mass is 16.4. The first-order valence-corrected chi connectivity index (χ1v) is 3.98. The second-order valence-corrected chi connectivity index (χ2v) is 3.14. The van der Waals surface area contributed by atoms with Crippen LogP contribution in [0.25, 0.3) is 0 Å². The van der Waals surface area contributed by atoms with Crippen molar-refractivity contribution < 1.29 is 15.0 Å². The second kappa shape index (κ2) is 3.09. The summed E-state index contributed by atoms with van der Waals surface area (Å²) in [5, 5.41) is 18.3. The first-order valence-electron chi connectivity index (χ1n) is 3.98. The van der Waals surface area contributed by atoms with Crippen LogP contribution in [0.5, 0.6) is 5.75 Å². The number of aryl methyl sites for hydroxylation is 1. The largest absolute Gasteiger partial charge is 0.507 e. The zero-order valence-electron chi connectivity index (χ0n) is 7.88. The Balaban J connectivity index is 3.50. The van der Waals surface area contributed by atoms with Gasteiger partial charge in [0.1, 0.15) is 5.75 Å². The van der Waals surface area contributed by atoms with Crippen LogP contribution in [0.1, 0.15) is 27.0 Å². The summed E-state index contributed by atoms with van der Waals surface area (Å²) in [5.41, 5.74) is 2.12. The first-order chi connectivity index (χ1) is 5.95. The molecule has 2 N–H and O–H groups in total. The Hall–Kier alpha value is -1.51. The number of aromatic hydroxyl groups is 1. The van der Waals surface area contributed by atoms with E-state index in [0.29, 0.717) is 5.56 Å². The van der Waals surface area contributed by atoms with Crippen molar-refractivity contribution in [2.45, 2.75) is 20.8 Å². The van der Waals surface area contributed by atoms with Crippen LogP contribution in [0.4, 0.5) is 0 Å². The van der Waals surface area contributed by atoms with Crippen molar-refractivity contribution >= 4 is 5.97 Å². The van der Waals surface area contributed by atoms with Crippen molar-refractivity contribution in [3.8, 4) is 5.75 Å². The number of benzene rings is 1. The molecule has 0 fully saturated rings. The summed E-state index contributed by atoms with van der Waals surface area (Å²) in [6, 6.07) is 1.58. The van der Waals surface area contributed by atoms with Crippen LogP contribution in [0.3, 0.4) is 0 Å². The van der Waals surface area contributed by atoms with Gasteiger partial charge in [0.2, 0.25) is 0 Å². The minimum absolute atomic E-state index is 0.0809. The number of hydrogen-bond acceptors (Lipinski definition) is 2. The van der Waals surface area contributed by atoms with Gasteiger partial charge in [0.15, 0.2) is 0 Å². The second-order valence-electron chi connectivity index (χ2n) is 3.14. The number of rotatable bonds is 1. The smallest absolute Gasteiger partial charge is 0.336 e. The van der Waals surface area contributed by atoms with Crippen LogP contribution >= 0.6 is 0 Å². The third kappa shape index (κ3) is 1.49. The van der Waals surface area contributed by atoms with E-state index < -0.39 is 5.97 Å². The van der Waals surface area contributed by atoms with Crippen molar-refractivity contribution in [1.29, 1.82) is 0 Å². The van der Waals surface area contributed by atoms with E-state index in [2.05, 4.69) is 0 Å². The molecule has 0 bridgehead atoms. The number of phenols is 1. The van der Waals surface area contributed by atoms with Crippen LogP contribution in [-0.4, -0.2) is 16.2 Å². The molecule has 70 valence electrons. The topological polar surface area (TPSA) is 57.5 Å². The van der Waals surface area contributed by atoms with Crippen molar-refractivity contribution in [1.82, 2.24) is 0 Å². The Morgan fingerprint density at radius 1 is 1.23 bits per heavy atom. The number of phenolic OH excluding ortho intramolecular Hbond substituents is 1. The normalized spacial score (nSPS) is 10.1. The fourth-order valence-electron chi connectivity index (χ4n) is 1.25. The van der Waals surface area contributed by atoms with E-state index in [1.54, 1.807) is 26.8 Å². The molecule has 1 rings (SSSR count). The lowest BCUT2D eigenvalue weighted by Crippen LogP contribution is -2.01. The third-order valence-corrected chi connectivity index (χ3v) is 2.30. The molecule has 3 nitrogen and oxygen atoms in total. The molecule has 0 aliphatic heterocycles. The van der Waals surface area contributed by atoms with Gasteiger partial charge in [0.25, 0.3) is 0 Å². The molecule has 0 unspecified atom stereocenters. The maximum absolute atomic E-state index is 10.7. The van der Waals surface area contributed by atoms with Crippen LogP contribution in [0.2, 0.25) is 0 Å². The highest BCUT2D eigenvalue weighted by molar-refractivity contribution is 5.90. The van der Waals surface area contributed by atoms with Gasteiger partial charge < -0.3 is 10.2 Å². The molecule has 0 aliphatic carbocycles. The van der Waals surface area contributed by atoms with Gasteiger partial charge in [-0.3, -0.25) is 0 Å².